The first-order chi connectivity index (χ1) is 18.6. The van der Waals surface area contributed by atoms with Crippen molar-refractivity contribution in [3.63, 3.8) is 0 Å². The van der Waals surface area contributed by atoms with Gasteiger partial charge in [0.25, 0.3) is 0 Å². The molecule has 0 aliphatic heterocycles. The van der Waals surface area contributed by atoms with Crippen molar-refractivity contribution in [1.29, 1.82) is 0 Å². The number of benzene rings is 1. The molecule has 0 N–H and O–H groups in total. The second-order valence-corrected chi connectivity index (χ2v) is 14.5. The minimum Gasteiger partial charge on any atom is -0.207 e. The summed E-state index contributed by atoms with van der Waals surface area (Å²) in [6.45, 7) is 4.68. The van der Waals surface area contributed by atoms with Gasteiger partial charge in [-0.15, -0.1) is 0 Å². The van der Waals surface area contributed by atoms with E-state index in [1.165, 1.54) is 140 Å². The molecule has 0 heterocycles. The molecule has 0 aromatic heterocycles. The molecule has 4 saturated carbocycles. The topological polar surface area (TPSA) is 0 Å². The number of unbranched alkanes of at least 4 members (excludes halogenated alkanes) is 2. The maximum atomic E-state index is 15.4. The zero-order valence-electron chi connectivity index (χ0n) is 25.1. The fourth-order valence-corrected chi connectivity index (χ4v) is 9.65. The van der Waals surface area contributed by atoms with Gasteiger partial charge >= 0.3 is 0 Å². The predicted molar refractivity (Wildman–Crippen MR) is 161 cm³/mol. The van der Waals surface area contributed by atoms with Crippen LogP contribution in [0.15, 0.2) is 18.2 Å². The van der Waals surface area contributed by atoms with Crippen molar-refractivity contribution in [1.82, 2.24) is 0 Å². The Kier molecular flexibility index (Phi) is 10.7. The van der Waals surface area contributed by atoms with Crippen LogP contribution >= 0.6 is 0 Å². The Morgan fingerprint density at radius 3 is 1.58 bits per heavy atom. The lowest BCUT2D eigenvalue weighted by atomic mass is 9.67. The monoisotopic (exact) mass is 522 g/mol. The van der Waals surface area contributed by atoms with E-state index in [-0.39, 0.29) is 5.82 Å². The molecule has 0 bridgehead atoms. The van der Waals surface area contributed by atoms with Crippen LogP contribution in [0.1, 0.15) is 172 Å². The van der Waals surface area contributed by atoms with Gasteiger partial charge in [-0.05, 0) is 142 Å². The molecule has 0 atom stereocenters. The van der Waals surface area contributed by atoms with Crippen molar-refractivity contribution >= 4 is 0 Å². The molecule has 0 nitrogen and oxygen atoms in total. The molecule has 0 unspecified atom stereocenters. The maximum absolute atomic E-state index is 15.4. The average Bonchev–Trinajstić information content (AvgIpc) is 2.98. The lowest BCUT2D eigenvalue weighted by molar-refractivity contribution is 0.155. The first kappa shape index (κ1) is 28.7. The third-order valence-corrected chi connectivity index (χ3v) is 12.4. The molecule has 1 aromatic rings. The normalized spacial score (nSPS) is 36.7. The van der Waals surface area contributed by atoms with E-state index >= 15 is 4.39 Å². The fraction of sp³-hybridized carbons (Fsp3) is 0.838. The third-order valence-electron chi connectivity index (χ3n) is 12.4. The van der Waals surface area contributed by atoms with Gasteiger partial charge in [-0.25, -0.2) is 4.39 Å². The van der Waals surface area contributed by atoms with Gasteiger partial charge in [0.1, 0.15) is 5.82 Å². The fourth-order valence-electron chi connectivity index (χ4n) is 9.65. The summed E-state index contributed by atoms with van der Waals surface area (Å²) in [6.07, 6.45) is 29.3. The van der Waals surface area contributed by atoms with Crippen LogP contribution in [0.4, 0.5) is 4.39 Å². The quantitative estimate of drug-likeness (QED) is 0.283. The minimum atomic E-state index is 0.109. The molecule has 38 heavy (non-hydrogen) atoms. The van der Waals surface area contributed by atoms with Gasteiger partial charge in [-0.1, -0.05) is 83.8 Å². The van der Waals surface area contributed by atoms with Crippen LogP contribution in [0.5, 0.6) is 0 Å². The summed E-state index contributed by atoms with van der Waals surface area (Å²) in [5.74, 6) is 6.97. The van der Waals surface area contributed by atoms with Crippen molar-refractivity contribution < 1.29 is 4.39 Å². The largest absolute Gasteiger partial charge is 0.207 e. The van der Waals surface area contributed by atoms with Crippen LogP contribution in [-0.4, -0.2) is 0 Å². The second-order valence-electron chi connectivity index (χ2n) is 14.5. The van der Waals surface area contributed by atoms with E-state index in [9.17, 15) is 0 Å². The Hall–Kier alpha value is -0.850. The highest BCUT2D eigenvalue weighted by Gasteiger charge is 2.33. The highest BCUT2D eigenvalue weighted by Crippen LogP contribution is 2.47. The molecule has 0 radical (unpaired) electrons. The van der Waals surface area contributed by atoms with Gasteiger partial charge in [0.05, 0.1) is 0 Å². The summed E-state index contributed by atoms with van der Waals surface area (Å²) in [4.78, 5) is 0. The van der Waals surface area contributed by atoms with Crippen molar-refractivity contribution in [3.05, 3.63) is 35.1 Å². The number of rotatable bonds is 9. The summed E-state index contributed by atoms with van der Waals surface area (Å²) >= 11 is 0. The van der Waals surface area contributed by atoms with Crippen LogP contribution in [0, 0.1) is 41.3 Å². The van der Waals surface area contributed by atoms with E-state index < -0.39 is 0 Å². The van der Waals surface area contributed by atoms with Crippen molar-refractivity contribution in [3.8, 4) is 0 Å². The maximum Gasteiger partial charge on any atom is 0.126 e. The summed E-state index contributed by atoms with van der Waals surface area (Å²) in [6, 6.07) is 6.48. The first-order valence-corrected chi connectivity index (χ1v) is 17.4. The molecule has 0 spiro atoms. The van der Waals surface area contributed by atoms with Crippen molar-refractivity contribution in [2.24, 2.45) is 35.5 Å². The van der Waals surface area contributed by atoms with Gasteiger partial charge in [0.15, 0.2) is 0 Å². The van der Waals surface area contributed by atoms with Gasteiger partial charge < -0.3 is 0 Å². The molecule has 214 valence electrons. The molecule has 5 rings (SSSR count). The van der Waals surface area contributed by atoms with Gasteiger partial charge in [0, 0.05) is 0 Å². The standard InChI is InChI=1S/C37H59F/c1-3-5-6-7-28-10-14-30(15-11-28)31-16-18-33(19-17-31)35-24-25-36(37(38)26-35)34-22-20-32(21-23-34)29-12-8-27(4-2)9-13-29/h24-34H,3-23H2,1-2H3/t27-,28?,29-,30?,31?,32-,33?,34-. The Morgan fingerprint density at radius 1 is 0.579 bits per heavy atom. The number of hydrogen-bond acceptors (Lipinski definition) is 0. The Balaban J connectivity index is 1.06. The lowest BCUT2D eigenvalue weighted by Gasteiger charge is -2.38. The van der Waals surface area contributed by atoms with Gasteiger partial charge in [-0.3, -0.25) is 0 Å². The Labute approximate surface area is 235 Å². The predicted octanol–water partition coefficient (Wildman–Crippen LogP) is 12.0. The minimum absolute atomic E-state index is 0.109. The lowest BCUT2D eigenvalue weighted by Crippen LogP contribution is -2.26. The van der Waals surface area contributed by atoms with Crippen LogP contribution in [0.2, 0.25) is 0 Å². The molecule has 0 saturated heterocycles. The second kappa shape index (κ2) is 14.2. The van der Waals surface area contributed by atoms with E-state index in [2.05, 4.69) is 26.0 Å². The Bertz CT molecular complexity index is 811. The van der Waals surface area contributed by atoms with Crippen LogP contribution in [0.3, 0.4) is 0 Å². The number of halogens is 1. The summed E-state index contributed by atoms with van der Waals surface area (Å²) in [5.41, 5.74) is 2.33. The molecule has 1 heteroatoms. The zero-order valence-corrected chi connectivity index (χ0v) is 25.1. The Morgan fingerprint density at radius 2 is 1.08 bits per heavy atom. The van der Waals surface area contributed by atoms with E-state index in [1.54, 1.807) is 0 Å². The zero-order chi connectivity index (χ0) is 26.3. The van der Waals surface area contributed by atoms with Gasteiger partial charge in [0.2, 0.25) is 0 Å². The van der Waals surface area contributed by atoms with Crippen LogP contribution in [0.25, 0.3) is 0 Å². The van der Waals surface area contributed by atoms with E-state index in [0.29, 0.717) is 11.8 Å². The highest BCUT2D eigenvalue weighted by molar-refractivity contribution is 5.30. The first-order valence-electron chi connectivity index (χ1n) is 17.4. The summed E-state index contributed by atoms with van der Waals surface area (Å²) in [5, 5.41) is 0. The third kappa shape index (κ3) is 7.26. The SMILES string of the molecule is CCCCCC1CCC(C2CCC(c3ccc([C@H]4CC[C@H]([C@H]5CC[C@H](CC)CC5)CC4)c(F)c3)CC2)CC1. The summed E-state index contributed by atoms with van der Waals surface area (Å²) in [7, 11) is 0. The van der Waals surface area contributed by atoms with Crippen molar-refractivity contribution in [2.75, 3.05) is 0 Å². The molecule has 4 fully saturated rings. The van der Waals surface area contributed by atoms with Crippen LogP contribution < -0.4 is 0 Å². The van der Waals surface area contributed by atoms with Crippen molar-refractivity contribution in [2.45, 2.75) is 161 Å². The number of hydrogen-bond donors (Lipinski definition) is 0. The smallest absolute Gasteiger partial charge is 0.126 e. The highest BCUT2D eigenvalue weighted by atomic mass is 19.1. The molecule has 1 aromatic carbocycles. The average molecular weight is 523 g/mol. The molecule has 4 aliphatic rings. The molecule has 0 amide bonds. The van der Waals surface area contributed by atoms with E-state index in [0.717, 1.165) is 41.1 Å². The molecular formula is C37H59F. The van der Waals surface area contributed by atoms with Crippen LogP contribution in [-0.2, 0) is 0 Å². The van der Waals surface area contributed by atoms with E-state index in [4.69, 9.17) is 0 Å². The van der Waals surface area contributed by atoms with Gasteiger partial charge in [-0.2, -0.15) is 0 Å². The molecular weight excluding hydrogens is 463 g/mol. The summed E-state index contributed by atoms with van der Waals surface area (Å²) < 4.78 is 15.4. The van der Waals surface area contributed by atoms with E-state index in [1.807, 2.05) is 6.07 Å². The molecule has 4 aliphatic carbocycles.